The summed E-state index contributed by atoms with van der Waals surface area (Å²) in [7, 11) is 0. The van der Waals surface area contributed by atoms with Crippen LogP contribution < -0.4 is 10.6 Å². The van der Waals surface area contributed by atoms with Crippen molar-refractivity contribution in [3.05, 3.63) is 35.6 Å². The minimum atomic E-state index is -0.210. The maximum absolute atomic E-state index is 13.0. The molecule has 21 heavy (non-hydrogen) atoms. The first-order valence-electron chi connectivity index (χ1n) is 7.65. The largest absolute Gasteiger partial charge is 0.351 e. The number of hydrogen-bond donors (Lipinski definition) is 2. The third-order valence-corrected chi connectivity index (χ3v) is 3.55. The molecule has 0 radical (unpaired) electrons. The molecule has 1 unspecified atom stereocenters. The lowest BCUT2D eigenvalue weighted by atomic mass is 10.0. The van der Waals surface area contributed by atoms with Crippen molar-refractivity contribution in [1.29, 1.82) is 0 Å². The molecule has 2 rings (SSSR count). The van der Waals surface area contributed by atoms with Crippen molar-refractivity contribution in [2.24, 2.45) is 5.92 Å². The van der Waals surface area contributed by atoms with E-state index >= 15 is 0 Å². The molecule has 0 heterocycles. The lowest BCUT2D eigenvalue weighted by Crippen LogP contribution is -2.41. The Balaban J connectivity index is 1.84. The van der Waals surface area contributed by atoms with E-state index in [0.717, 1.165) is 5.56 Å². The molecule has 1 amide bonds. The van der Waals surface area contributed by atoms with Crippen molar-refractivity contribution in [3.63, 3.8) is 0 Å². The van der Waals surface area contributed by atoms with Crippen molar-refractivity contribution in [2.45, 2.75) is 51.6 Å². The summed E-state index contributed by atoms with van der Waals surface area (Å²) in [4.78, 5) is 11.8. The van der Waals surface area contributed by atoms with Gasteiger partial charge in [-0.15, -0.1) is 0 Å². The summed E-state index contributed by atoms with van der Waals surface area (Å²) in [6.07, 6.45) is 2.86. The number of halogens is 1. The van der Waals surface area contributed by atoms with Crippen LogP contribution in [0.3, 0.4) is 0 Å². The Morgan fingerprint density at radius 1 is 1.29 bits per heavy atom. The minimum absolute atomic E-state index is 0.0589. The van der Waals surface area contributed by atoms with Crippen molar-refractivity contribution in [2.75, 3.05) is 6.54 Å². The highest BCUT2D eigenvalue weighted by Crippen LogP contribution is 2.40. The molecule has 1 aliphatic carbocycles. The summed E-state index contributed by atoms with van der Waals surface area (Å²) in [6, 6.07) is 6.89. The van der Waals surface area contributed by atoms with Crippen LogP contribution in [0.15, 0.2) is 24.3 Å². The van der Waals surface area contributed by atoms with Crippen LogP contribution >= 0.6 is 0 Å². The quantitative estimate of drug-likeness (QED) is 0.845. The number of nitrogens with one attached hydrogen (secondary N) is 2. The molecule has 0 aromatic heterocycles. The number of amides is 1. The van der Waals surface area contributed by atoms with E-state index in [-0.39, 0.29) is 23.3 Å². The van der Waals surface area contributed by atoms with Gasteiger partial charge < -0.3 is 10.6 Å². The van der Waals surface area contributed by atoms with Gasteiger partial charge in [0.05, 0.1) is 0 Å². The van der Waals surface area contributed by atoms with Crippen molar-refractivity contribution >= 4 is 5.91 Å². The lowest BCUT2D eigenvalue weighted by molar-refractivity contribution is -0.122. The first-order chi connectivity index (χ1) is 9.85. The Hall–Kier alpha value is -1.42. The zero-order chi connectivity index (χ0) is 15.5. The van der Waals surface area contributed by atoms with E-state index in [1.54, 1.807) is 0 Å². The molecule has 4 heteroatoms. The topological polar surface area (TPSA) is 41.1 Å². The predicted molar refractivity (Wildman–Crippen MR) is 82.4 cm³/mol. The van der Waals surface area contributed by atoms with Crippen LogP contribution in [0.5, 0.6) is 0 Å². The van der Waals surface area contributed by atoms with Gasteiger partial charge in [0.15, 0.2) is 0 Å². The fourth-order valence-corrected chi connectivity index (χ4v) is 2.48. The van der Waals surface area contributed by atoms with Gasteiger partial charge in [-0.05, 0) is 57.2 Å². The first kappa shape index (κ1) is 16.0. The highest BCUT2D eigenvalue weighted by molar-refractivity contribution is 5.76. The minimum Gasteiger partial charge on any atom is -0.351 e. The fourth-order valence-electron chi connectivity index (χ4n) is 2.48. The van der Waals surface area contributed by atoms with Gasteiger partial charge in [0, 0.05) is 24.5 Å². The number of carbonyl (C=O) groups is 1. The van der Waals surface area contributed by atoms with Gasteiger partial charge in [-0.2, -0.15) is 0 Å². The second-order valence-electron chi connectivity index (χ2n) is 6.87. The third-order valence-electron chi connectivity index (χ3n) is 3.55. The van der Waals surface area contributed by atoms with Gasteiger partial charge in [0.2, 0.25) is 5.91 Å². The zero-order valence-electron chi connectivity index (χ0n) is 13.1. The summed E-state index contributed by atoms with van der Waals surface area (Å²) < 4.78 is 13.0. The summed E-state index contributed by atoms with van der Waals surface area (Å²) in [5.74, 6) is 0.461. The monoisotopic (exact) mass is 292 g/mol. The van der Waals surface area contributed by atoms with Crippen LogP contribution in [-0.4, -0.2) is 18.0 Å². The normalized spacial score (nSPS) is 16.6. The second kappa shape index (κ2) is 6.56. The molecule has 1 fully saturated rings. The molecule has 1 aromatic carbocycles. The average molecular weight is 292 g/mol. The zero-order valence-corrected chi connectivity index (χ0v) is 13.1. The maximum Gasteiger partial charge on any atom is 0.221 e. The first-order valence-corrected chi connectivity index (χ1v) is 7.65. The Bertz CT molecular complexity index is 475. The second-order valence-corrected chi connectivity index (χ2v) is 6.87. The standard InChI is InChI=1S/C17H25FN2O/c1-17(2,3)20-15(21)10-11-19-16(12-4-5-12)13-6-8-14(18)9-7-13/h6-9,12,16,19H,4-5,10-11H2,1-3H3,(H,20,21). The smallest absolute Gasteiger partial charge is 0.221 e. The molecule has 2 N–H and O–H groups in total. The van der Waals surface area contributed by atoms with Gasteiger partial charge in [0.25, 0.3) is 0 Å². The molecule has 1 atom stereocenters. The molecule has 3 nitrogen and oxygen atoms in total. The highest BCUT2D eigenvalue weighted by Gasteiger charge is 2.32. The van der Waals surface area contributed by atoms with Crippen LogP contribution in [0.25, 0.3) is 0 Å². The molecule has 0 spiro atoms. The maximum atomic E-state index is 13.0. The highest BCUT2D eigenvalue weighted by atomic mass is 19.1. The number of benzene rings is 1. The fraction of sp³-hybridized carbons (Fsp3) is 0.588. The molecule has 116 valence electrons. The number of rotatable bonds is 6. The van der Waals surface area contributed by atoms with Crippen molar-refractivity contribution in [1.82, 2.24) is 10.6 Å². The molecule has 1 saturated carbocycles. The Morgan fingerprint density at radius 3 is 2.43 bits per heavy atom. The number of carbonyl (C=O) groups excluding carboxylic acids is 1. The van der Waals surface area contributed by atoms with Crippen LogP contribution in [0.2, 0.25) is 0 Å². The van der Waals surface area contributed by atoms with E-state index in [0.29, 0.717) is 18.9 Å². The van der Waals surface area contributed by atoms with Crippen LogP contribution in [-0.2, 0) is 4.79 Å². The number of hydrogen-bond acceptors (Lipinski definition) is 2. The van der Waals surface area contributed by atoms with Gasteiger partial charge in [-0.25, -0.2) is 4.39 Å². The molecular formula is C17H25FN2O. The van der Waals surface area contributed by atoms with E-state index < -0.39 is 0 Å². The Labute approximate surface area is 126 Å². The molecule has 0 saturated heterocycles. The molecule has 1 aromatic rings. The van der Waals surface area contributed by atoms with E-state index in [2.05, 4.69) is 10.6 Å². The van der Waals surface area contributed by atoms with Gasteiger partial charge in [-0.3, -0.25) is 4.79 Å². The van der Waals surface area contributed by atoms with Crippen LogP contribution in [0.1, 0.15) is 51.6 Å². The average Bonchev–Trinajstić information content (AvgIpc) is 3.18. The molecular weight excluding hydrogens is 267 g/mol. The summed E-state index contributed by atoms with van der Waals surface area (Å²) >= 11 is 0. The molecule has 0 bridgehead atoms. The third kappa shape index (κ3) is 5.46. The Kier molecular flexibility index (Phi) is 4.99. The van der Waals surface area contributed by atoms with Crippen LogP contribution in [0, 0.1) is 11.7 Å². The summed E-state index contributed by atoms with van der Waals surface area (Å²) in [5, 5.41) is 6.41. The van der Waals surface area contributed by atoms with E-state index in [1.807, 2.05) is 32.9 Å². The van der Waals surface area contributed by atoms with Crippen molar-refractivity contribution in [3.8, 4) is 0 Å². The van der Waals surface area contributed by atoms with E-state index in [4.69, 9.17) is 0 Å². The molecule has 1 aliphatic rings. The predicted octanol–water partition coefficient (Wildman–Crippen LogP) is 3.17. The summed E-state index contributed by atoms with van der Waals surface area (Å²) in [6.45, 7) is 6.57. The Morgan fingerprint density at radius 2 is 1.90 bits per heavy atom. The summed E-state index contributed by atoms with van der Waals surface area (Å²) in [5.41, 5.74) is 0.916. The van der Waals surface area contributed by atoms with Crippen LogP contribution in [0.4, 0.5) is 4.39 Å². The van der Waals surface area contributed by atoms with Crippen molar-refractivity contribution < 1.29 is 9.18 Å². The van der Waals surface area contributed by atoms with E-state index in [1.165, 1.54) is 25.0 Å². The molecule has 0 aliphatic heterocycles. The SMILES string of the molecule is CC(C)(C)NC(=O)CCNC(c1ccc(F)cc1)C1CC1. The lowest BCUT2D eigenvalue weighted by Gasteiger charge is -2.22. The van der Waals surface area contributed by atoms with E-state index in [9.17, 15) is 9.18 Å². The van der Waals surface area contributed by atoms with Gasteiger partial charge in [-0.1, -0.05) is 12.1 Å². The van der Waals surface area contributed by atoms with Gasteiger partial charge >= 0.3 is 0 Å². The van der Waals surface area contributed by atoms with Gasteiger partial charge in [0.1, 0.15) is 5.82 Å².